The molecule has 1 fully saturated rings. The highest BCUT2D eigenvalue weighted by molar-refractivity contribution is 6.31. The number of fused-ring (bicyclic) bond motifs is 1. The van der Waals surface area contributed by atoms with Crippen molar-refractivity contribution in [3.8, 4) is 0 Å². The van der Waals surface area contributed by atoms with Crippen molar-refractivity contribution in [2.75, 3.05) is 17.2 Å². The Bertz CT molecular complexity index is 1140. The highest BCUT2D eigenvalue weighted by Crippen LogP contribution is 2.37. The quantitative estimate of drug-likeness (QED) is 0.390. The van der Waals surface area contributed by atoms with E-state index in [0.29, 0.717) is 55.2 Å². The Kier molecular flexibility index (Phi) is 6.94. The summed E-state index contributed by atoms with van der Waals surface area (Å²) in [5, 5.41) is 15.7. The van der Waals surface area contributed by atoms with Gasteiger partial charge in [-0.25, -0.2) is 14.4 Å². The van der Waals surface area contributed by atoms with E-state index in [1.54, 1.807) is 18.3 Å². The van der Waals surface area contributed by atoms with Gasteiger partial charge in [0.1, 0.15) is 5.52 Å². The van der Waals surface area contributed by atoms with Gasteiger partial charge in [0, 0.05) is 12.0 Å². The molecule has 0 bridgehead atoms. The van der Waals surface area contributed by atoms with Crippen molar-refractivity contribution >= 4 is 46.3 Å². The number of amides is 1. The van der Waals surface area contributed by atoms with Crippen molar-refractivity contribution in [2.24, 2.45) is 11.7 Å². The van der Waals surface area contributed by atoms with E-state index in [2.05, 4.69) is 25.6 Å². The fourth-order valence-electron chi connectivity index (χ4n) is 4.19. The lowest BCUT2D eigenvalue weighted by molar-refractivity contribution is -0.122. The zero-order valence-corrected chi connectivity index (χ0v) is 19.0. The van der Waals surface area contributed by atoms with E-state index in [1.165, 1.54) is 6.07 Å². The van der Waals surface area contributed by atoms with E-state index in [1.807, 2.05) is 11.5 Å². The van der Waals surface area contributed by atoms with E-state index in [0.717, 1.165) is 0 Å². The van der Waals surface area contributed by atoms with Gasteiger partial charge in [0.25, 0.3) is 0 Å². The number of carbonyl (C=O) groups is 1. The first-order valence-electron chi connectivity index (χ1n) is 11.0. The minimum Gasteiger partial charge on any atom is -0.394 e. The minimum atomic E-state index is -0.572. The molecule has 1 amide bonds. The number of aliphatic hydroxyl groups is 1. The number of carbonyl (C=O) groups excluding carboxylic acids is 1. The van der Waals surface area contributed by atoms with E-state index < -0.39 is 5.82 Å². The number of nitrogens with one attached hydrogen (secondary N) is 2. The van der Waals surface area contributed by atoms with Crippen molar-refractivity contribution in [3.63, 3.8) is 0 Å². The van der Waals surface area contributed by atoms with Crippen LogP contribution in [-0.2, 0) is 4.79 Å². The molecule has 1 aliphatic rings. The van der Waals surface area contributed by atoms with E-state index in [9.17, 15) is 14.3 Å². The first-order valence-corrected chi connectivity index (χ1v) is 11.4. The summed E-state index contributed by atoms with van der Waals surface area (Å²) in [5.74, 6) is -0.228. The third kappa shape index (κ3) is 4.86. The maximum atomic E-state index is 14.6. The van der Waals surface area contributed by atoms with Gasteiger partial charge in [-0.15, -0.1) is 0 Å². The lowest BCUT2D eigenvalue weighted by Gasteiger charge is -2.29. The van der Waals surface area contributed by atoms with Crippen molar-refractivity contribution < 1.29 is 14.3 Å². The zero-order valence-electron chi connectivity index (χ0n) is 18.3. The van der Waals surface area contributed by atoms with Gasteiger partial charge < -0.3 is 21.5 Å². The molecule has 2 aromatic heterocycles. The first-order chi connectivity index (χ1) is 15.9. The average Bonchev–Trinajstić information content (AvgIpc) is 3.17. The molecule has 4 rings (SSSR count). The van der Waals surface area contributed by atoms with Crippen LogP contribution in [0.1, 0.15) is 45.1 Å². The van der Waals surface area contributed by atoms with Gasteiger partial charge in [0.15, 0.2) is 11.5 Å². The number of rotatable bonds is 8. The summed E-state index contributed by atoms with van der Waals surface area (Å²) in [4.78, 5) is 25.2. The lowest BCUT2D eigenvalue weighted by atomic mass is 9.85. The van der Waals surface area contributed by atoms with Crippen LogP contribution in [0.4, 0.5) is 22.0 Å². The molecular formula is C22H27ClFN7O2. The summed E-state index contributed by atoms with van der Waals surface area (Å²) in [6, 6.07) is 4.52. The van der Waals surface area contributed by atoms with Crippen molar-refractivity contribution in [3.05, 3.63) is 35.2 Å². The number of nitrogens with zero attached hydrogens (tertiary/aromatic N) is 4. The Morgan fingerprint density at radius 3 is 2.76 bits per heavy atom. The standard InChI is InChI=1S/C22H27ClFN7O2/c1-2-13(11-32)27-21-26-10-17-20(30-21)31(14-8-6-12(7-9-14)19(25)33)22(29-17)28-16-5-3-4-15(23)18(16)24/h3-5,10,12-14,32H,2,6-9,11H2,1H3,(H2,25,33)(H,28,29)(H,26,27,30)/t12-,13-,14-/m0/s1. The fraction of sp³-hybridized carbons (Fsp3) is 0.455. The monoisotopic (exact) mass is 475 g/mol. The van der Waals surface area contributed by atoms with Crippen LogP contribution in [0, 0.1) is 11.7 Å². The highest BCUT2D eigenvalue weighted by atomic mass is 35.5. The van der Waals surface area contributed by atoms with Crippen LogP contribution in [0.5, 0.6) is 0 Å². The van der Waals surface area contributed by atoms with E-state index in [-0.39, 0.29) is 41.2 Å². The topological polar surface area (TPSA) is 131 Å². The van der Waals surface area contributed by atoms with Gasteiger partial charge in [0.2, 0.25) is 17.8 Å². The largest absolute Gasteiger partial charge is 0.394 e. The van der Waals surface area contributed by atoms with Crippen LogP contribution < -0.4 is 16.4 Å². The Morgan fingerprint density at radius 2 is 2.09 bits per heavy atom. The summed E-state index contributed by atoms with van der Waals surface area (Å²) in [6.07, 6.45) is 5.01. The Balaban J connectivity index is 1.74. The van der Waals surface area contributed by atoms with E-state index >= 15 is 0 Å². The number of hydrogen-bond donors (Lipinski definition) is 4. The second-order valence-corrected chi connectivity index (χ2v) is 8.68. The predicted molar refractivity (Wildman–Crippen MR) is 125 cm³/mol. The van der Waals surface area contributed by atoms with Gasteiger partial charge in [-0.05, 0) is 44.2 Å². The van der Waals surface area contributed by atoms with Gasteiger partial charge in [0.05, 0.1) is 29.6 Å². The van der Waals surface area contributed by atoms with Crippen molar-refractivity contribution in [1.29, 1.82) is 0 Å². The number of nitrogens with two attached hydrogens (primary N) is 1. The molecule has 0 spiro atoms. The normalized spacial score (nSPS) is 19.4. The first kappa shape index (κ1) is 23.2. The zero-order chi connectivity index (χ0) is 23.5. The Hall–Kier alpha value is -2.98. The number of halogens is 2. The molecule has 0 radical (unpaired) electrons. The van der Waals surface area contributed by atoms with E-state index in [4.69, 9.17) is 17.3 Å². The lowest BCUT2D eigenvalue weighted by Crippen LogP contribution is -2.29. The second-order valence-electron chi connectivity index (χ2n) is 8.27. The smallest absolute Gasteiger partial charge is 0.225 e. The molecule has 33 heavy (non-hydrogen) atoms. The number of aliphatic hydroxyl groups excluding tert-OH is 1. The third-order valence-corrected chi connectivity index (χ3v) is 6.43. The summed E-state index contributed by atoms with van der Waals surface area (Å²) >= 11 is 5.95. The fourth-order valence-corrected chi connectivity index (χ4v) is 4.37. The molecule has 1 atom stereocenters. The maximum Gasteiger partial charge on any atom is 0.225 e. The van der Waals surface area contributed by atoms with Gasteiger partial charge >= 0.3 is 0 Å². The van der Waals surface area contributed by atoms with Crippen LogP contribution >= 0.6 is 11.6 Å². The molecule has 1 aromatic carbocycles. The van der Waals surface area contributed by atoms with Crippen LogP contribution in [0.2, 0.25) is 5.02 Å². The van der Waals surface area contributed by atoms with Crippen LogP contribution in [0.3, 0.4) is 0 Å². The predicted octanol–water partition coefficient (Wildman–Crippen LogP) is 3.76. The molecule has 0 aliphatic heterocycles. The average molecular weight is 476 g/mol. The molecule has 11 heteroatoms. The molecule has 3 aromatic rings. The third-order valence-electron chi connectivity index (χ3n) is 6.14. The number of benzene rings is 1. The molecule has 0 unspecified atom stereocenters. The number of aromatic nitrogens is 4. The summed E-state index contributed by atoms with van der Waals surface area (Å²) < 4.78 is 16.5. The number of anilines is 3. The summed E-state index contributed by atoms with van der Waals surface area (Å²) in [6.45, 7) is 1.91. The molecule has 5 N–H and O–H groups in total. The molecule has 1 saturated carbocycles. The van der Waals surface area contributed by atoms with Gasteiger partial charge in [-0.2, -0.15) is 4.98 Å². The van der Waals surface area contributed by atoms with Gasteiger partial charge in [-0.1, -0.05) is 24.6 Å². The van der Waals surface area contributed by atoms with Gasteiger partial charge in [-0.3, -0.25) is 9.36 Å². The van der Waals surface area contributed by atoms with Crippen molar-refractivity contribution in [2.45, 2.75) is 51.1 Å². The molecule has 0 saturated heterocycles. The second kappa shape index (κ2) is 9.88. The highest BCUT2D eigenvalue weighted by Gasteiger charge is 2.29. The Labute approximate surface area is 195 Å². The minimum absolute atomic E-state index is 0.00511. The number of primary amides is 1. The molecule has 9 nitrogen and oxygen atoms in total. The molecule has 176 valence electrons. The number of imidazole rings is 1. The van der Waals surface area contributed by atoms with Crippen LogP contribution in [0.25, 0.3) is 11.2 Å². The molecule has 2 heterocycles. The summed E-state index contributed by atoms with van der Waals surface area (Å²) in [5.41, 5.74) is 6.82. The number of hydrogen-bond acceptors (Lipinski definition) is 7. The van der Waals surface area contributed by atoms with Crippen LogP contribution in [0.15, 0.2) is 24.4 Å². The summed E-state index contributed by atoms with van der Waals surface area (Å²) in [7, 11) is 0. The Morgan fingerprint density at radius 1 is 1.33 bits per heavy atom. The maximum absolute atomic E-state index is 14.6. The van der Waals surface area contributed by atoms with Crippen LogP contribution in [-0.4, -0.2) is 43.2 Å². The SMILES string of the molecule is CC[C@@H](CO)Nc1ncc2nc(Nc3cccc(Cl)c3F)n([C@H]3CC[C@H](C(N)=O)CC3)c2n1. The molecular weight excluding hydrogens is 449 g/mol. The van der Waals surface area contributed by atoms with Crippen molar-refractivity contribution in [1.82, 2.24) is 19.5 Å². The molecule has 1 aliphatic carbocycles.